The molecule has 3 aromatic rings. The van der Waals surface area contributed by atoms with Crippen molar-refractivity contribution in [3.63, 3.8) is 0 Å². The summed E-state index contributed by atoms with van der Waals surface area (Å²) >= 11 is 0. The average Bonchev–Trinajstić information content (AvgIpc) is 3.09. The van der Waals surface area contributed by atoms with Crippen LogP contribution >= 0.6 is 0 Å². The van der Waals surface area contributed by atoms with Gasteiger partial charge >= 0.3 is 0 Å². The number of benzene rings is 2. The minimum absolute atomic E-state index is 0.0643. The largest absolute Gasteiger partial charge is 0.378 e. The molecule has 2 aliphatic rings. The van der Waals surface area contributed by atoms with Crippen LogP contribution in [0.3, 0.4) is 0 Å². The Bertz CT molecular complexity index is 1220. The fourth-order valence-corrected chi connectivity index (χ4v) is 5.09. The molecule has 0 saturated carbocycles. The third-order valence-corrected chi connectivity index (χ3v) is 6.60. The summed E-state index contributed by atoms with van der Waals surface area (Å²) < 4.78 is 1.99. The van der Waals surface area contributed by atoms with Gasteiger partial charge in [0, 0.05) is 37.3 Å². The number of ketones is 1. The lowest BCUT2D eigenvalue weighted by Gasteiger charge is -2.39. The fourth-order valence-electron chi connectivity index (χ4n) is 5.09. The highest BCUT2D eigenvalue weighted by Gasteiger charge is 2.42. The third kappa shape index (κ3) is 3.32. The van der Waals surface area contributed by atoms with E-state index < -0.39 is 0 Å². The zero-order chi connectivity index (χ0) is 22.6. The van der Waals surface area contributed by atoms with Gasteiger partial charge in [-0.3, -0.25) is 4.79 Å². The van der Waals surface area contributed by atoms with E-state index in [-0.39, 0.29) is 17.2 Å². The maximum Gasteiger partial charge on any atom is 0.162 e. The van der Waals surface area contributed by atoms with Crippen molar-refractivity contribution in [2.24, 2.45) is 5.41 Å². The molecule has 5 rings (SSSR count). The van der Waals surface area contributed by atoms with Crippen LogP contribution in [-0.2, 0) is 4.79 Å². The second-order valence-corrected chi connectivity index (χ2v) is 9.95. The molecular weight excluding hydrogens is 396 g/mol. The first-order chi connectivity index (χ1) is 15.2. The van der Waals surface area contributed by atoms with E-state index in [9.17, 15) is 4.79 Å². The molecule has 1 atom stereocenters. The predicted molar refractivity (Wildman–Crippen MR) is 130 cm³/mol. The molecule has 1 N–H and O–H groups in total. The van der Waals surface area contributed by atoms with Gasteiger partial charge in [-0.15, -0.1) is 0 Å². The normalized spacial score (nSPS) is 19.3. The molecule has 1 unspecified atom stereocenters. The van der Waals surface area contributed by atoms with Gasteiger partial charge in [0.2, 0.25) is 0 Å². The summed E-state index contributed by atoms with van der Waals surface area (Å²) in [5.74, 6) is 1.21. The lowest BCUT2D eigenvalue weighted by atomic mass is 9.68. The number of para-hydroxylation sites is 1. The summed E-state index contributed by atoms with van der Waals surface area (Å²) in [6.07, 6.45) is 1.44. The quantitative estimate of drug-likeness (QED) is 0.596. The first kappa shape index (κ1) is 20.6. The van der Waals surface area contributed by atoms with Gasteiger partial charge in [0.05, 0.1) is 17.4 Å². The highest BCUT2D eigenvalue weighted by Crippen LogP contribution is 2.51. The van der Waals surface area contributed by atoms with Crippen LogP contribution in [0.2, 0.25) is 0 Å². The fraction of sp³-hybridized carbons (Fsp3) is 0.333. The van der Waals surface area contributed by atoms with E-state index in [1.807, 2.05) is 43.9 Å². The molecule has 0 amide bonds. The summed E-state index contributed by atoms with van der Waals surface area (Å²) in [4.78, 5) is 15.6. The van der Waals surface area contributed by atoms with E-state index in [4.69, 9.17) is 5.10 Å². The Morgan fingerprint density at radius 1 is 1.03 bits per heavy atom. The van der Waals surface area contributed by atoms with Gasteiger partial charge in [0.25, 0.3) is 0 Å². The Hall–Kier alpha value is -3.34. The molecule has 1 aromatic heterocycles. The first-order valence-corrected chi connectivity index (χ1v) is 11.2. The number of hydrogen-bond acceptors (Lipinski definition) is 4. The van der Waals surface area contributed by atoms with Crippen molar-refractivity contribution < 1.29 is 4.79 Å². The van der Waals surface area contributed by atoms with E-state index in [0.717, 1.165) is 51.6 Å². The van der Waals surface area contributed by atoms with Gasteiger partial charge in [-0.05, 0) is 54.2 Å². The topological polar surface area (TPSA) is 50.2 Å². The number of rotatable bonds is 3. The van der Waals surface area contributed by atoms with Crippen LogP contribution in [0.5, 0.6) is 0 Å². The molecule has 0 bridgehead atoms. The number of nitrogens with one attached hydrogen (secondary N) is 1. The maximum absolute atomic E-state index is 13.5. The molecule has 0 saturated heterocycles. The molecule has 5 heteroatoms. The van der Waals surface area contributed by atoms with E-state index in [0.29, 0.717) is 6.42 Å². The van der Waals surface area contributed by atoms with Gasteiger partial charge in [0.15, 0.2) is 5.78 Å². The minimum Gasteiger partial charge on any atom is -0.378 e. The number of nitrogens with zero attached hydrogens (tertiary/aromatic N) is 3. The van der Waals surface area contributed by atoms with Crippen LogP contribution in [-0.4, -0.2) is 29.7 Å². The summed E-state index contributed by atoms with van der Waals surface area (Å²) in [5, 5.41) is 8.61. The lowest BCUT2D eigenvalue weighted by Crippen LogP contribution is -2.33. The first-order valence-electron chi connectivity index (χ1n) is 11.2. The van der Waals surface area contributed by atoms with Gasteiger partial charge < -0.3 is 10.2 Å². The molecule has 0 fully saturated rings. The van der Waals surface area contributed by atoms with Crippen molar-refractivity contribution in [2.45, 2.75) is 39.7 Å². The number of Topliss-reactive ketones (excluding diaryl/α,β-unsaturated/α-hetero) is 1. The number of allylic oxidation sites excluding steroid dienone is 1. The van der Waals surface area contributed by atoms with E-state index in [1.54, 1.807) is 0 Å². The SMILES string of the molecule is Cc1nn(-c2ccccc2)c2c1C1=C(C(=O)CC(C)(C)C1)C(c1ccc(N(C)C)cc1)N2. The van der Waals surface area contributed by atoms with Crippen molar-refractivity contribution >= 4 is 22.9 Å². The standard InChI is InChI=1S/C27H30N4O/c1-17-23-21-15-27(2,3)16-22(32)24(21)25(18-11-13-19(14-12-18)30(4)5)28-26(23)31(29-17)20-9-7-6-8-10-20/h6-14,25,28H,15-16H2,1-5H3. The molecule has 2 aromatic carbocycles. The number of hydrogen-bond donors (Lipinski definition) is 1. The van der Waals surface area contributed by atoms with Crippen LogP contribution in [0.1, 0.15) is 49.6 Å². The molecule has 0 spiro atoms. The Balaban J connectivity index is 1.71. The number of fused-ring (bicyclic) bond motifs is 2. The van der Waals surface area contributed by atoms with Gasteiger partial charge in [0.1, 0.15) is 5.82 Å². The summed E-state index contributed by atoms with van der Waals surface area (Å²) in [5.41, 5.74) is 7.29. The number of carbonyl (C=O) groups excluding carboxylic acids is 1. The monoisotopic (exact) mass is 426 g/mol. The van der Waals surface area contributed by atoms with E-state index in [1.165, 1.54) is 0 Å². The van der Waals surface area contributed by atoms with Crippen molar-refractivity contribution in [1.29, 1.82) is 0 Å². The molecule has 164 valence electrons. The number of aromatic nitrogens is 2. The molecule has 1 aliphatic heterocycles. The van der Waals surface area contributed by atoms with Crippen molar-refractivity contribution in [1.82, 2.24) is 9.78 Å². The number of carbonyl (C=O) groups is 1. The Morgan fingerprint density at radius 3 is 2.38 bits per heavy atom. The molecule has 1 aliphatic carbocycles. The molecule has 0 radical (unpaired) electrons. The predicted octanol–water partition coefficient (Wildman–Crippen LogP) is 5.56. The Kier molecular flexibility index (Phi) is 4.73. The molecule has 32 heavy (non-hydrogen) atoms. The lowest BCUT2D eigenvalue weighted by molar-refractivity contribution is -0.118. The van der Waals surface area contributed by atoms with Crippen LogP contribution < -0.4 is 10.2 Å². The van der Waals surface area contributed by atoms with Crippen molar-refractivity contribution in [3.05, 3.63) is 77.0 Å². The summed E-state index contributed by atoms with van der Waals surface area (Å²) in [7, 11) is 4.07. The Morgan fingerprint density at radius 2 is 1.72 bits per heavy atom. The average molecular weight is 427 g/mol. The second kappa shape index (κ2) is 7.37. The van der Waals surface area contributed by atoms with Crippen LogP contribution in [0, 0.1) is 12.3 Å². The van der Waals surface area contributed by atoms with Gasteiger partial charge in [-0.25, -0.2) is 4.68 Å². The van der Waals surface area contributed by atoms with Gasteiger partial charge in [-0.1, -0.05) is 44.2 Å². The third-order valence-electron chi connectivity index (χ3n) is 6.60. The number of anilines is 2. The van der Waals surface area contributed by atoms with Crippen molar-refractivity contribution in [3.8, 4) is 5.69 Å². The minimum atomic E-state index is -0.184. The van der Waals surface area contributed by atoms with E-state index in [2.05, 4.69) is 60.5 Å². The van der Waals surface area contributed by atoms with Crippen molar-refractivity contribution in [2.75, 3.05) is 24.3 Å². The maximum atomic E-state index is 13.5. The van der Waals surface area contributed by atoms with Crippen LogP contribution in [0.4, 0.5) is 11.5 Å². The molecular formula is C27H30N4O. The molecule has 5 nitrogen and oxygen atoms in total. The zero-order valence-electron chi connectivity index (χ0n) is 19.4. The van der Waals surface area contributed by atoms with Gasteiger partial charge in [-0.2, -0.15) is 5.10 Å². The van der Waals surface area contributed by atoms with Crippen LogP contribution in [0.25, 0.3) is 11.3 Å². The number of aryl methyl sites for hydroxylation is 1. The van der Waals surface area contributed by atoms with E-state index >= 15 is 0 Å². The molecule has 2 heterocycles. The smallest absolute Gasteiger partial charge is 0.162 e. The van der Waals surface area contributed by atoms with Crippen LogP contribution in [0.15, 0.2) is 60.2 Å². The highest BCUT2D eigenvalue weighted by molar-refractivity contribution is 6.09. The Labute approximate surface area is 189 Å². The highest BCUT2D eigenvalue weighted by atomic mass is 16.1. The summed E-state index contributed by atoms with van der Waals surface area (Å²) in [6, 6.07) is 18.5. The second-order valence-electron chi connectivity index (χ2n) is 9.95. The summed E-state index contributed by atoms with van der Waals surface area (Å²) in [6.45, 7) is 6.42. The zero-order valence-corrected chi connectivity index (χ0v) is 19.4.